The zero-order valence-corrected chi connectivity index (χ0v) is 15.6. The van der Waals surface area contributed by atoms with E-state index in [1.807, 2.05) is 0 Å². The van der Waals surface area contributed by atoms with E-state index in [0.29, 0.717) is 31.5 Å². The predicted molar refractivity (Wildman–Crippen MR) is 93.3 cm³/mol. The number of halogens is 1. The van der Waals surface area contributed by atoms with E-state index in [4.69, 9.17) is 4.74 Å². The molecule has 1 aromatic rings. The summed E-state index contributed by atoms with van der Waals surface area (Å²) in [6.07, 6.45) is 0.990. The van der Waals surface area contributed by atoms with Crippen LogP contribution in [0.15, 0.2) is 18.2 Å². The normalized spacial score (nSPS) is 17.9. The molecular formula is C17H25FN2O4S. The lowest BCUT2D eigenvalue weighted by molar-refractivity contribution is -0.126. The number of carbonyl (C=O) groups is 1. The number of methoxy groups -OCH3 is 1. The van der Waals surface area contributed by atoms with E-state index in [9.17, 15) is 17.6 Å². The Hall–Kier alpha value is -1.67. The molecule has 1 N–H and O–H groups in total. The molecule has 1 amide bonds. The molecule has 0 radical (unpaired) electrons. The molecule has 6 nitrogen and oxygen atoms in total. The Morgan fingerprint density at radius 1 is 1.40 bits per heavy atom. The molecule has 140 valence electrons. The van der Waals surface area contributed by atoms with Gasteiger partial charge in [0.25, 0.3) is 0 Å². The van der Waals surface area contributed by atoms with E-state index in [1.165, 1.54) is 23.5 Å². The number of nitrogens with zero attached hydrogens (tertiary/aromatic N) is 1. The van der Waals surface area contributed by atoms with Crippen molar-refractivity contribution in [1.82, 2.24) is 9.62 Å². The smallest absolute Gasteiger partial charge is 0.223 e. The number of benzene rings is 1. The van der Waals surface area contributed by atoms with Crippen molar-refractivity contribution in [3.8, 4) is 5.75 Å². The van der Waals surface area contributed by atoms with Crippen LogP contribution >= 0.6 is 0 Å². The molecule has 1 heterocycles. The largest absolute Gasteiger partial charge is 0.494 e. The van der Waals surface area contributed by atoms with E-state index in [0.717, 1.165) is 0 Å². The van der Waals surface area contributed by atoms with Crippen LogP contribution in [0, 0.1) is 11.7 Å². The van der Waals surface area contributed by atoms with Crippen LogP contribution in [-0.4, -0.2) is 44.6 Å². The number of amides is 1. The molecule has 0 aromatic heterocycles. The van der Waals surface area contributed by atoms with Crippen molar-refractivity contribution >= 4 is 15.9 Å². The number of ether oxygens (including phenoxy) is 1. The zero-order valence-electron chi connectivity index (χ0n) is 14.8. The predicted octanol–water partition coefficient (Wildman–Crippen LogP) is 2.07. The van der Waals surface area contributed by atoms with Crippen molar-refractivity contribution in [1.29, 1.82) is 0 Å². The van der Waals surface area contributed by atoms with Crippen LogP contribution in [0.4, 0.5) is 4.39 Å². The lowest BCUT2D eigenvalue weighted by Gasteiger charge is -2.31. The molecule has 1 fully saturated rings. The first-order chi connectivity index (χ1) is 11.8. The number of rotatable bonds is 6. The summed E-state index contributed by atoms with van der Waals surface area (Å²) in [6.45, 7) is 4.12. The number of hydrogen-bond donors (Lipinski definition) is 1. The van der Waals surface area contributed by atoms with Gasteiger partial charge in [-0.2, -0.15) is 0 Å². The standard InChI is InChI=1S/C17H25FN2O4S/c1-4-25(22,23)20-9-7-13(8-10-20)17(21)19-12(2)14-5-6-16(24-3)15(18)11-14/h5-6,11-13H,4,7-10H2,1-3H3,(H,19,21). The fourth-order valence-electron chi connectivity index (χ4n) is 2.95. The van der Waals surface area contributed by atoms with Crippen molar-refractivity contribution in [2.75, 3.05) is 26.0 Å². The second kappa shape index (κ2) is 8.14. The second-order valence-corrected chi connectivity index (χ2v) is 8.46. The number of piperidine rings is 1. The average molecular weight is 372 g/mol. The van der Waals surface area contributed by atoms with Crippen molar-refractivity contribution < 1.29 is 22.3 Å². The Morgan fingerprint density at radius 3 is 2.56 bits per heavy atom. The maximum Gasteiger partial charge on any atom is 0.223 e. The van der Waals surface area contributed by atoms with E-state index in [-0.39, 0.29) is 29.4 Å². The molecule has 0 aliphatic carbocycles. The Balaban J connectivity index is 1.93. The third-order valence-electron chi connectivity index (χ3n) is 4.62. The van der Waals surface area contributed by atoms with Crippen LogP contribution in [-0.2, 0) is 14.8 Å². The molecule has 1 aliphatic rings. The van der Waals surface area contributed by atoms with Gasteiger partial charge in [-0.3, -0.25) is 4.79 Å². The van der Waals surface area contributed by atoms with Gasteiger partial charge in [-0.1, -0.05) is 6.07 Å². The van der Waals surface area contributed by atoms with Crippen molar-refractivity contribution in [3.63, 3.8) is 0 Å². The lowest BCUT2D eigenvalue weighted by atomic mass is 9.96. The van der Waals surface area contributed by atoms with Gasteiger partial charge in [0.2, 0.25) is 15.9 Å². The third kappa shape index (κ3) is 4.70. The van der Waals surface area contributed by atoms with Crippen molar-refractivity contribution in [2.24, 2.45) is 5.92 Å². The van der Waals surface area contributed by atoms with E-state index in [1.54, 1.807) is 19.9 Å². The van der Waals surface area contributed by atoms with Gasteiger partial charge in [0.05, 0.1) is 18.9 Å². The summed E-state index contributed by atoms with van der Waals surface area (Å²) in [5, 5.41) is 2.88. The molecule has 8 heteroatoms. The van der Waals surface area contributed by atoms with Crippen LogP contribution in [0.1, 0.15) is 38.3 Å². The summed E-state index contributed by atoms with van der Waals surface area (Å²) >= 11 is 0. The molecule has 0 spiro atoms. The summed E-state index contributed by atoms with van der Waals surface area (Å²) in [7, 11) is -1.80. The lowest BCUT2D eigenvalue weighted by Crippen LogP contribution is -2.43. The Bertz CT molecular complexity index is 715. The second-order valence-electron chi connectivity index (χ2n) is 6.20. The topological polar surface area (TPSA) is 75.7 Å². The molecule has 1 atom stereocenters. The fourth-order valence-corrected chi connectivity index (χ4v) is 4.08. The van der Waals surface area contributed by atoms with Crippen LogP contribution in [0.2, 0.25) is 0 Å². The highest BCUT2D eigenvalue weighted by molar-refractivity contribution is 7.89. The summed E-state index contributed by atoms with van der Waals surface area (Å²) in [5.41, 5.74) is 0.651. The summed E-state index contributed by atoms with van der Waals surface area (Å²) < 4.78 is 43.8. The Kier molecular flexibility index (Phi) is 6.40. The molecule has 0 bridgehead atoms. The maximum atomic E-state index is 13.8. The summed E-state index contributed by atoms with van der Waals surface area (Å²) in [4.78, 5) is 12.4. The quantitative estimate of drug-likeness (QED) is 0.829. The molecule has 1 unspecified atom stereocenters. The highest BCUT2D eigenvalue weighted by atomic mass is 32.2. The molecule has 1 aliphatic heterocycles. The highest BCUT2D eigenvalue weighted by Crippen LogP contribution is 2.24. The fraction of sp³-hybridized carbons (Fsp3) is 0.588. The minimum Gasteiger partial charge on any atom is -0.494 e. The SMILES string of the molecule is CCS(=O)(=O)N1CCC(C(=O)NC(C)c2ccc(OC)c(F)c2)CC1. The summed E-state index contributed by atoms with van der Waals surface area (Å²) in [6, 6.07) is 4.25. The Labute approximate surface area is 148 Å². The van der Waals surface area contributed by atoms with Gasteiger partial charge in [-0.15, -0.1) is 0 Å². The highest BCUT2D eigenvalue weighted by Gasteiger charge is 2.30. The van der Waals surface area contributed by atoms with Crippen LogP contribution in [0.25, 0.3) is 0 Å². The van der Waals surface area contributed by atoms with Gasteiger partial charge in [0, 0.05) is 19.0 Å². The van der Waals surface area contributed by atoms with Gasteiger partial charge in [0.15, 0.2) is 11.6 Å². The zero-order chi connectivity index (χ0) is 18.6. The first-order valence-electron chi connectivity index (χ1n) is 8.40. The molecule has 1 saturated heterocycles. The van der Waals surface area contributed by atoms with Crippen LogP contribution in [0.5, 0.6) is 5.75 Å². The van der Waals surface area contributed by atoms with E-state index >= 15 is 0 Å². The maximum absolute atomic E-state index is 13.8. The molecule has 25 heavy (non-hydrogen) atoms. The minimum absolute atomic E-state index is 0.0733. The van der Waals surface area contributed by atoms with Gasteiger partial charge in [0.1, 0.15) is 0 Å². The van der Waals surface area contributed by atoms with Crippen molar-refractivity contribution in [2.45, 2.75) is 32.7 Å². The average Bonchev–Trinajstić information content (AvgIpc) is 2.61. The monoisotopic (exact) mass is 372 g/mol. The Morgan fingerprint density at radius 2 is 2.04 bits per heavy atom. The number of sulfonamides is 1. The van der Waals surface area contributed by atoms with Gasteiger partial charge in [-0.05, 0) is 44.4 Å². The summed E-state index contributed by atoms with van der Waals surface area (Å²) in [5.74, 6) is -0.596. The van der Waals surface area contributed by atoms with Gasteiger partial charge in [-0.25, -0.2) is 17.1 Å². The molecule has 1 aromatic carbocycles. The van der Waals surface area contributed by atoms with E-state index < -0.39 is 15.8 Å². The third-order valence-corrected chi connectivity index (χ3v) is 6.50. The van der Waals surface area contributed by atoms with Gasteiger partial charge >= 0.3 is 0 Å². The molecular weight excluding hydrogens is 347 g/mol. The molecule has 2 rings (SSSR count). The van der Waals surface area contributed by atoms with Gasteiger partial charge < -0.3 is 10.1 Å². The first-order valence-corrected chi connectivity index (χ1v) is 10.0. The number of nitrogens with one attached hydrogen (secondary N) is 1. The molecule has 0 saturated carbocycles. The minimum atomic E-state index is -3.20. The van der Waals surface area contributed by atoms with Crippen LogP contribution in [0.3, 0.4) is 0 Å². The first kappa shape index (κ1) is 19.7. The number of carbonyl (C=O) groups excluding carboxylic acids is 1. The van der Waals surface area contributed by atoms with Crippen molar-refractivity contribution in [3.05, 3.63) is 29.6 Å². The van der Waals surface area contributed by atoms with E-state index in [2.05, 4.69) is 5.32 Å². The van der Waals surface area contributed by atoms with Crippen LogP contribution < -0.4 is 10.1 Å². The number of hydrogen-bond acceptors (Lipinski definition) is 4.